The van der Waals surface area contributed by atoms with Gasteiger partial charge in [0.25, 0.3) is 0 Å². The van der Waals surface area contributed by atoms with Crippen molar-refractivity contribution in [3.8, 4) is 6.07 Å². The lowest BCUT2D eigenvalue weighted by Crippen LogP contribution is -1.94. The zero-order valence-corrected chi connectivity index (χ0v) is 7.58. The van der Waals surface area contributed by atoms with Crippen molar-refractivity contribution in [2.45, 2.75) is 38.4 Å². The maximum absolute atomic E-state index is 8.33. The summed E-state index contributed by atoms with van der Waals surface area (Å²) in [6.45, 7) is 4.30. The fraction of sp³-hybridized carbons (Fsp3) is 0.875. The molecular weight excluding hydrogens is 142 g/mol. The lowest BCUT2D eigenvalue weighted by Gasteiger charge is -2.04. The highest BCUT2D eigenvalue weighted by atomic mass is 32.2. The second kappa shape index (κ2) is 6.95. The maximum Gasteiger partial charge on any atom is 0.0633 e. The molecule has 0 aromatic carbocycles. The van der Waals surface area contributed by atoms with E-state index in [1.807, 2.05) is 11.8 Å². The Kier molecular flexibility index (Phi) is 6.84. The van der Waals surface area contributed by atoms with Crippen molar-refractivity contribution in [1.29, 1.82) is 5.26 Å². The van der Waals surface area contributed by atoms with Crippen LogP contribution in [0.2, 0.25) is 0 Å². The highest BCUT2D eigenvalue weighted by Gasteiger charge is 1.99. The van der Waals surface area contributed by atoms with Gasteiger partial charge in [-0.3, -0.25) is 0 Å². The summed E-state index contributed by atoms with van der Waals surface area (Å²) in [4.78, 5) is 0. The van der Waals surface area contributed by atoms with Crippen LogP contribution in [0.5, 0.6) is 0 Å². The van der Waals surface area contributed by atoms with Crippen molar-refractivity contribution < 1.29 is 0 Å². The van der Waals surface area contributed by atoms with Gasteiger partial charge in [-0.2, -0.15) is 17.0 Å². The quantitative estimate of drug-likeness (QED) is 0.573. The van der Waals surface area contributed by atoms with Crippen molar-refractivity contribution in [2.24, 2.45) is 0 Å². The standard InChI is InChI=1S/C8H15NS/c1-3-4-7-10-8(2)5-6-9/h8H,3-5,7H2,1-2H3. The largest absolute Gasteiger partial charge is 0.198 e. The van der Waals surface area contributed by atoms with E-state index >= 15 is 0 Å². The molecule has 58 valence electrons. The van der Waals surface area contributed by atoms with E-state index in [0.717, 1.165) is 0 Å². The molecule has 0 aliphatic carbocycles. The molecule has 0 rings (SSSR count). The van der Waals surface area contributed by atoms with Crippen LogP contribution in [0.1, 0.15) is 33.1 Å². The Balaban J connectivity index is 3.06. The minimum absolute atomic E-state index is 0.525. The van der Waals surface area contributed by atoms with Crippen LogP contribution in [-0.4, -0.2) is 11.0 Å². The minimum atomic E-state index is 0.525. The third kappa shape index (κ3) is 5.97. The second-order valence-electron chi connectivity index (χ2n) is 2.40. The summed E-state index contributed by atoms with van der Waals surface area (Å²) in [5.74, 6) is 1.21. The normalized spacial score (nSPS) is 12.5. The first-order valence-electron chi connectivity index (χ1n) is 3.79. The van der Waals surface area contributed by atoms with Crippen LogP contribution in [0, 0.1) is 11.3 Å². The molecule has 0 fully saturated rings. The summed E-state index contributed by atoms with van der Waals surface area (Å²) in [5.41, 5.74) is 0. The predicted molar refractivity (Wildman–Crippen MR) is 47.1 cm³/mol. The van der Waals surface area contributed by atoms with Gasteiger partial charge in [-0.05, 0) is 12.2 Å². The van der Waals surface area contributed by atoms with Gasteiger partial charge in [0, 0.05) is 11.7 Å². The van der Waals surface area contributed by atoms with E-state index in [1.54, 1.807) is 0 Å². The van der Waals surface area contributed by atoms with Crippen molar-refractivity contribution in [2.75, 3.05) is 5.75 Å². The van der Waals surface area contributed by atoms with Crippen LogP contribution in [0.25, 0.3) is 0 Å². The van der Waals surface area contributed by atoms with Crippen LogP contribution in [-0.2, 0) is 0 Å². The molecule has 1 unspecified atom stereocenters. The van der Waals surface area contributed by atoms with Crippen LogP contribution in [0.3, 0.4) is 0 Å². The van der Waals surface area contributed by atoms with Crippen LogP contribution >= 0.6 is 11.8 Å². The first-order chi connectivity index (χ1) is 4.81. The molecule has 0 spiro atoms. The Hall–Kier alpha value is -0.160. The molecular formula is C8H15NS. The highest BCUT2D eigenvalue weighted by Crippen LogP contribution is 2.14. The van der Waals surface area contributed by atoms with Crippen LogP contribution in [0.4, 0.5) is 0 Å². The van der Waals surface area contributed by atoms with Crippen molar-refractivity contribution in [3.05, 3.63) is 0 Å². The number of nitriles is 1. The van der Waals surface area contributed by atoms with E-state index in [4.69, 9.17) is 5.26 Å². The summed E-state index contributed by atoms with van der Waals surface area (Å²) in [6.07, 6.45) is 3.22. The average molecular weight is 157 g/mol. The van der Waals surface area contributed by atoms with Crippen LogP contribution < -0.4 is 0 Å². The molecule has 0 aliphatic rings. The number of unbranched alkanes of at least 4 members (excludes halogenated alkanes) is 1. The zero-order valence-electron chi connectivity index (χ0n) is 6.76. The highest BCUT2D eigenvalue weighted by molar-refractivity contribution is 7.99. The van der Waals surface area contributed by atoms with Crippen molar-refractivity contribution in [1.82, 2.24) is 0 Å². The molecule has 10 heavy (non-hydrogen) atoms. The first-order valence-corrected chi connectivity index (χ1v) is 4.84. The molecule has 1 nitrogen and oxygen atoms in total. The van der Waals surface area contributed by atoms with E-state index in [-0.39, 0.29) is 0 Å². The molecule has 0 radical (unpaired) electrons. The number of nitrogens with zero attached hydrogens (tertiary/aromatic N) is 1. The Morgan fingerprint density at radius 3 is 2.80 bits per heavy atom. The molecule has 0 aromatic rings. The van der Waals surface area contributed by atoms with Crippen molar-refractivity contribution >= 4 is 11.8 Å². The predicted octanol–water partition coefficient (Wildman–Crippen LogP) is 2.82. The van der Waals surface area contributed by atoms with Gasteiger partial charge < -0.3 is 0 Å². The molecule has 1 atom stereocenters. The number of rotatable bonds is 5. The van der Waals surface area contributed by atoms with Gasteiger partial charge in [0.1, 0.15) is 0 Å². The first kappa shape index (κ1) is 9.84. The summed E-state index contributed by atoms with van der Waals surface area (Å²) >= 11 is 1.90. The van der Waals surface area contributed by atoms with E-state index in [1.165, 1.54) is 18.6 Å². The Morgan fingerprint density at radius 2 is 2.30 bits per heavy atom. The molecule has 0 aliphatic heterocycles. The topological polar surface area (TPSA) is 23.8 Å². The van der Waals surface area contributed by atoms with Gasteiger partial charge in [0.2, 0.25) is 0 Å². The van der Waals surface area contributed by atoms with Gasteiger partial charge in [-0.25, -0.2) is 0 Å². The van der Waals surface area contributed by atoms with Gasteiger partial charge in [-0.15, -0.1) is 0 Å². The Morgan fingerprint density at radius 1 is 1.60 bits per heavy atom. The van der Waals surface area contributed by atoms with Gasteiger partial charge in [-0.1, -0.05) is 20.3 Å². The molecule has 0 bridgehead atoms. The van der Waals surface area contributed by atoms with E-state index in [9.17, 15) is 0 Å². The third-order valence-electron chi connectivity index (χ3n) is 1.28. The fourth-order valence-electron chi connectivity index (χ4n) is 0.616. The number of thioether (sulfide) groups is 1. The zero-order chi connectivity index (χ0) is 7.82. The van der Waals surface area contributed by atoms with Gasteiger partial charge >= 0.3 is 0 Å². The smallest absolute Gasteiger partial charge is 0.0633 e. The van der Waals surface area contributed by atoms with E-state index in [0.29, 0.717) is 11.7 Å². The molecule has 0 aromatic heterocycles. The van der Waals surface area contributed by atoms with Crippen LogP contribution in [0.15, 0.2) is 0 Å². The minimum Gasteiger partial charge on any atom is -0.198 e. The van der Waals surface area contributed by atoms with E-state index in [2.05, 4.69) is 19.9 Å². The second-order valence-corrected chi connectivity index (χ2v) is 3.94. The molecule has 2 heteroatoms. The van der Waals surface area contributed by atoms with E-state index < -0.39 is 0 Å². The average Bonchev–Trinajstić information content (AvgIpc) is 1.89. The summed E-state index contributed by atoms with van der Waals surface area (Å²) in [7, 11) is 0. The molecule has 0 saturated heterocycles. The summed E-state index contributed by atoms with van der Waals surface area (Å²) < 4.78 is 0. The molecule has 0 saturated carbocycles. The number of hydrogen-bond acceptors (Lipinski definition) is 2. The molecule has 0 amide bonds. The number of hydrogen-bond donors (Lipinski definition) is 0. The Bertz CT molecular complexity index is 106. The lowest BCUT2D eigenvalue weighted by atomic mass is 10.4. The summed E-state index contributed by atoms with van der Waals surface area (Å²) in [6, 6.07) is 2.17. The van der Waals surface area contributed by atoms with Gasteiger partial charge in [0.15, 0.2) is 0 Å². The summed E-state index contributed by atoms with van der Waals surface area (Å²) in [5, 5.41) is 8.85. The monoisotopic (exact) mass is 157 g/mol. The third-order valence-corrected chi connectivity index (χ3v) is 2.54. The Labute approximate surface area is 67.8 Å². The maximum atomic E-state index is 8.33. The lowest BCUT2D eigenvalue weighted by molar-refractivity contribution is 0.888. The molecule has 0 heterocycles. The van der Waals surface area contributed by atoms with Crippen molar-refractivity contribution in [3.63, 3.8) is 0 Å². The SMILES string of the molecule is CCCCSC(C)CC#N. The fourth-order valence-corrected chi connectivity index (χ4v) is 1.67. The van der Waals surface area contributed by atoms with Gasteiger partial charge in [0.05, 0.1) is 6.07 Å². The molecule has 0 N–H and O–H groups in total.